The fraction of sp³-hybridized carbons (Fsp3) is 0.455. The first kappa shape index (κ1) is 12.7. The second-order valence-corrected chi connectivity index (χ2v) is 5.01. The van der Waals surface area contributed by atoms with Crippen LogP contribution in [0.15, 0.2) is 11.6 Å². The van der Waals surface area contributed by atoms with Crippen molar-refractivity contribution < 1.29 is 4.79 Å². The zero-order valence-electron chi connectivity index (χ0n) is 10.5. The van der Waals surface area contributed by atoms with Crippen molar-refractivity contribution in [2.24, 2.45) is 5.92 Å². The highest BCUT2D eigenvalue weighted by Crippen LogP contribution is 2.12. The molecule has 0 aliphatic heterocycles. The Morgan fingerprint density at radius 2 is 2.33 bits per heavy atom. The first-order chi connectivity index (χ1) is 8.56. The summed E-state index contributed by atoms with van der Waals surface area (Å²) < 4.78 is 1.75. The Labute approximate surface area is 109 Å². The van der Waals surface area contributed by atoms with Crippen molar-refractivity contribution in [3.8, 4) is 0 Å². The number of amides is 1. The van der Waals surface area contributed by atoms with Crippen molar-refractivity contribution in [3.05, 3.63) is 23.2 Å². The van der Waals surface area contributed by atoms with E-state index in [4.69, 9.17) is 0 Å². The largest absolute Gasteiger partial charge is 0.302 e. The molecule has 0 saturated carbocycles. The van der Waals surface area contributed by atoms with Crippen molar-refractivity contribution in [1.29, 1.82) is 0 Å². The van der Waals surface area contributed by atoms with Gasteiger partial charge in [-0.15, -0.1) is 11.3 Å². The Balaban J connectivity index is 1.97. The molecule has 0 radical (unpaired) electrons. The highest BCUT2D eigenvalue weighted by atomic mass is 32.1. The van der Waals surface area contributed by atoms with Gasteiger partial charge in [-0.05, 0) is 13.8 Å². The van der Waals surface area contributed by atoms with Crippen molar-refractivity contribution in [1.82, 2.24) is 19.7 Å². The topological polar surface area (TPSA) is 72.7 Å². The maximum absolute atomic E-state index is 11.9. The van der Waals surface area contributed by atoms with Crippen LogP contribution in [0.2, 0.25) is 0 Å². The van der Waals surface area contributed by atoms with Gasteiger partial charge in [-0.1, -0.05) is 6.92 Å². The first-order valence-electron chi connectivity index (χ1n) is 5.64. The Morgan fingerprint density at radius 3 is 2.89 bits per heavy atom. The summed E-state index contributed by atoms with van der Waals surface area (Å²) in [5.41, 5.74) is 0. The Hall–Kier alpha value is -1.76. The molecule has 0 bridgehead atoms. The summed E-state index contributed by atoms with van der Waals surface area (Å²) in [5.74, 6) is 1.30. The lowest BCUT2D eigenvalue weighted by Gasteiger charge is -2.11. The molecule has 2 heterocycles. The number of aromatic nitrogens is 4. The van der Waals surface area contributed by atoms with E-state index in [9.17, 15) is 4.79 Å². The highest BCUT2D eigenvalue weighted by Gasteiger charge is 2.16. The van der Waals surface area contributed by atoms with Crippen LogP contribution in [-0.4, -0.2) is 25.7 Å². The third kappa shape index (κ3) is 2.92. The molecule has 0 aliphatic rings. The van der Waals surface area contributed by atoms with E-state index in [0.29, 0.717) is 11.7 Å². The van der Waals surface area contributed by atoms with Crippen LogP contribution >= 0.6 is 11.3 Å². The van der Waals surface area contributed by atoms with Gasteiger partial charge in [0.2, 0.25) is 5.91 Å². The minimum absolute atomic E-state index is 0.0579. The molecule has 1 atom stereocenters. The van der Waals surface area contributed by atoms with Gasteiger partial charge >= 0.3 is 0 Å². The van der Waals surface area contributed by atoms with E-state index >= 15 is 0 Å². The van der Waals surface area contributed by atoms with Crippen molar-refractivity contribution in [2.75, 3.05) is 5.32 Å². The van der Waals surface area contributed by atoms with E-state index in [2.05, 4.69) is 20.4 Å². The van der Waals surface area contributed by atoms with Crippen LogP contribution in [0.25, 0.3) is 0 Å². The molecule has 2 rings (SSSR count). The molecule has 7 heteroatoms. The standard InChI is InChI=1S/C11H15N5OS/c1-7(6-16-9(3)13-8(2)15-16)10(17)14-11-12-4-5-18-11/h4-5,7H,6H2,1-3H3,(H,12,14,17)/t7-/m1/s1. The van der Waals surface area contributed by atoms with E-state index < -0.39 is 0 Å². The minimum atomic E-state index is -0.186. The van der Waals surface area contributed by atoms with E-state index in [1.807, 2.05) is 26.2 Å². The summed E-state index contributed by atoms with van der Waals surface area (Å²) in [5, 5.41) is 9.47. The smallest absolute Gasteiger partial charge is 0.230 e. The lowest BCUT2D eigenvalue weighted by Crippen LogP contribution is -2.25. The predicted octanol–water partition coefficient (Wildman–Crippen LogP) is 1.63. The van der Waals surface area contributed by atoms with Gasteiger partial charge in [0, 0.05) is 11.6 Å². The lowest BCUT2D eigenvalue weighted by molar-refractivity contribution is -0.119. The second kappa shape index (κ2) is 5.26. The van der Waals surface area contributed by atoms with Crippen LogP contribution in [0.3, 0.4) is 0 Å². The second-order valence-electron chi connectivity index (χ2n) is 4.12. The predicted molar refractivity (Wildman–Crippen MR) is 69.4 cm³/mol. The number of nitrogens with zero attached hydrogens (tertiary/aromatic N) is 4. The molecule has 1 amide bonds. The summed E-state index contributed by atoms with van der Waals surface area (Å²) in [6, 6.07) is 0. The summed E-state index contributed by atoms with van der Waals surface area (Å²) in [6.07, 6.45) is 1.66. The van der Waals surface area contributed by atoms with Crippen molar-refractivity contribution in [3.63, 3.8) is 0 Å². The Bertz CT molecular complexity index is 534. The van der Waals surface area contributed by atoms with Gasteiger partial charge in [-0.3, -0.25) is 4.79 Å². The molecule has 0 fully saturated rings. The summed E-state index contributed by atoms with van der Waals surface area (Å²) >= 11 is 1.40. The summed E-state index contributed by atoms with van der Waals surface area (Å²) in [6.45, 7) is 6.10. The Kier molecular flexibility index (Phi) is 3.71. The molecule has 2 aromatic rings. The van der Waals surface area contributed by atoms with Crippen molar-refractivity contribution >= 4 is 22.4 Å². The molecule has 6 nitrogen and oxygen atoms in total. The molecule has 96 valence electrons. The lowest BCUT2D eigenvalue weighted by atomic mass is 10.1. The normalized spacial score (nSPS) is 12.4. The number of nitrogens with one attached hydrogen (secondary N) is 1. The maximum atomic E-state index is 11.9. The number of aryl methyl sites for hydroxylation is 2. The quantitative estimate of drug-likeness (QED) is 0.911. The molecule has 0 unspecified atom stereocenters. The molecule has 18 heavy (non-hydrogen) atoms. The number of hydrogen-bond donors (Lipinski definition) is 1. The van der Waals surface area contributed by atoms with Crippen LogP contribution in [0.4, 0.5) is 5.13 Å². The van der Waals surface area contributed by atoms with E-state index in [1.165, 1.54) is 11.3 Å². The van der Waals surface area contributed by atoms with Gasteiger partial charge in [0.15, 0.2) is 5.13 Å². The van der Waals surface area contributed by atoms with Gasteiger partial charge in [-0.2, -0.15) is 5.10 Å². The van der Waals surface area contributed by atoms with E-state index in [1.54, 1.807) is 10.9 Å². The Morgan fingerprint density at radius 1 is 1.56 bits per heavy atom. The maximum Gasteiger partial charge on any atom is 0.230 e. The van der Waals surface area contributed by atoms with Crippen LogP contribution < -0.4 is 5.32 Å². The molecule has 0 aromatic carbocycles. The number of hydrogen-bond acceptors (Lipinski definition) is 5. The minimum Gasteiger partial charge on any atom is -0.302 e. The fourth-order valence-electron chi connectivity index (χ4n) is 1.59. The number of carbonyl (C=O) groups is 1. The van der Waals surface area contributed by atoms with Crippen LogP contribution in [0.1, 0.15) is 18.6 Å². The molecule has 0 spiro atoms. The van der Waals surface area contributed by atoms with Gasteiger partial charge in [0.25, 0.3) is 0 Å². The zero-order valence-corrected chi connectivity index (χ0v) is 11.4. The number of rotatable bonds is 4. The van der Waals surface area contributed by atoms with Gasteiger partial charge < -0.3 is 5.32 Å². The zero-order chi connectivity index (χ0) is 13.1. The van der Waals surface area contributed by atoms with E-state index in [0.717, 1.165) is 11.6 Å². The van der Waals surface area contributed by atoms with Crippen molar-refractivity contribution in [2.45, 2.75) is 27.3 Å². The molecule has 1 N–H and O–H groups in total. The van der Waals surface area contributed by atoms with Crippen LogP contribution in [0.5, 0.6) is 0 Å². The first-order valence-corrected chi connectivity index (χ1v) is 6.52. The number of thiazole rings is 1. The monoisotopic (exact) mass is 265 g/mol. The molecule has 0 aliphatic carbocycles. The van der Waals surface area contributed by atoms with Gasteiger partial charge in [0.1, 0.15) is 11.6 Å². The average molecular weight is 265 g/mol. The molecular formula is C11H15N5OS. The summed E-state index contributed by atoms with van der Waals surface area (Å²) in [4.78, 5) is 20.2. The average Bonchev–Trinajstić information content (AvgIpc) is 2.89. The molecule has 0 saturated heterocycles. The van der Waals surface area contributed by atoms with Gasteiger partial charge in [0.05, 0.1) is 12.5 Å². The third-order valence-electron chi connectivity index (χ3n) is 2.52. The third-order valence-corrected chi connectivity index (χ3v) is 3.21. The van der Waals surface area contributed by atoms with Gasteiger partial charge in [-0.25, -0.2) is 14.6 Å². The summed E-state index contributed by atoms with van der Waals surface area (Å²) in [7, 11) is 0. The number of carbonyl (C=O) groups excluding carboxylic acids is 1. The van der Waals surface area contributed by atoms with E-state index in [-0.39, 0.29) is 11.8 Å². The fourth-order valence-corrected chi connectivity index (χ4v) is 2.12. The van der Waals surface area contributed by atoms with Crippen LogP contribution in [0, 0.1) is 19.8 Å². The molecular weight excluding hydrogens is 250 g/mol. The SMILES string of the molecule is Cc1nc(C)n(C[C@@H](C)C(=O)Nc2nccs2)n1. The number of anilines is 1. The highest BCUT2D eigenvalue weighted by molar-refractivity contribution is 7.13. The molecule has 2 aromatic heterocycles. The van der Waals surface area contributed by atoms with Crippen LogP contribution in [-0.2, 0) is 11.3 Å².